The van der Waals surface area contributed by atoms with Crippen molar-refractivity contribution < 1.29 is 18.5 Å². The standard InChI is InChI=1S/C16H30BN5O4S/c1-16(19)13-22(12-15(16)3-2-6-17(23)24)27(25,26)21(10-7-18)11-14-4-8-20-9-5-14/h4-5,8-9,15,23-24H,2-3,6-7,10-13,18-19H2,1H3/t15-,16-/m0/s1. The van der Waals surface area contributed by atoms with Crippen LogP contribution in [0.4, 0.5) is 0 Å². The van der Waals surface area contributed by atoms with E-state index >= 15 is 0 Å². The van der Waals surface area contributed by atoms with Gasteiger partial charge in [0.05, 0.1) is 0 Å². The molecule has 0 amide bonds. The van der Waals surface area contributed by atoms with Gasteiger partial charge in [-0.1, -0.05) is 6.42 Å². The van der Waals surface area contributed by atoms with Crippen LogP contribution in [-0.4, -0.2) is 70.9 Å². The van der Waals surface area contributed by atoms with Gasteiger partial charge in [0, 0.05) is 50.7 Å². The summed E-state index contributed by atoms with van der Waals surface area (Å²) in [4.78, 5) is 3.95. The van der Waals surface area contributed by atoms with Crippen LogP contribution in [-0.2, 0) is 16.8 Å². The predicted molar refractivity (Wildman–Crippen MR) is 105 cm³/mol. The molecule has 0 bridgehead atoms. The number of pyridine rings is 1. The van der Waals surface area contributed by atoms with Gasteiger partial charge >= 0.3 is 7.12 Å². The Morgan fingerprint density at radius 3 is 2.67 bits per heavy atom. The summed E-state index contributed by atoms with van der Waals surface area (Å²) in [5.41, 5.74) is 12.2. The number of rotatable bonds is 10. The molecule has 11 heteroatoms. The van der Waals surface area contributed by atoms with E-state index in [1.807, 2.05) is 6.92 Å². The van der Waals surface area contributed by atoms with Gasteiger partial charge in [-0.2, -0.15) is 17.0 Å². The third-order valence-electron chi connectivity index (χ3n) is 5.03. The quantitative estimate of drug-likeness (QED) is 0.369. The minimum Gasteiger partial charge on any atom is -0.427 e. The summed E-state index contributed by atoms with van der Waals surface area (Å²) < 4.78 is 29.2. The van der Waals surface area contributed by atoms with Crippen LogP contribution >= 0.6 is 0 Å². The summed E-state index contributed by atoms with van der Waals surface area (Å²) in [6.07, 6.45) is 4.72. The fourth-order valence-electron chi connectivity index (χ4n) is 3.45. The average Bonchev–Trinajstić information content (AvgIpc) is 2.90. The van der Waals surface area contributed by atoms with Gasteiger partial charge in [-0.3, -0.25) is 4.98 Å². The van der Waals surface area contributed by atoms with Gasteiger partial charge in [0.15, 0.2) is 0 Å². The summed E-state index contributed by atoms with van der Waals surface area (Å²) >= 11 is 0. The lowest BCUT2D eigenvalue weighted by molar-refractivity contribution is 0.343. The van der Waals surface area contributed by atoms with Gasteiger partial charge in [0.1, 0.15) is 0 Å². The van der Waals surface area contributed by atoms with E-state index in [0.717, 1.165) is 5.56 Å². The van der Waals surface area contributed by atoms with Gasteiger partial charge in [0.2, 0.25) is 0 Å². The molecule has 2 heterocycles. The number of hydrogen-bond donors (Lipinski definition) is 4. The van der Waals surface area contributed by atoms with Gasteiger partial charge in [-0.15, -0.1) is 0 Å². The zero-order valence-corrected chi connectivity index (χ0v) is 16.6. The molecule has 6 N–H and O–H groups in total. The van der Waals surface area contributed by atoms with Crippen molar-refractivity contribution in [2.45, 2.75) is 38.2 Å². The van der Waals surface area contributed by atoms with E-state index in [0.29, 0.717) is 19.4 Å². The molecule has 0 saturated carbocycles. The van der Waals surface area contributed by atoms with Gasteiger partial charge < -0.3 is 21.5 Å². The van der Waals surface area contributed by atoms with E-state index in [2.05, 4.69) is 4.98 Å². The Hall–Kier alpha value is -1.08. The normalized spacial score (nSPS) is 23.9. The fraction of sp³-hybridized carbons (Fsp3) is 0.688. The third-order valence-corrected chi connectivity index (χ3v) is 6.92. The van der Waals surface area contributed by atoms with Crippen molar-refractivity contribution in [3.63, 3.8) is 0 Å². The molecule has 152 valence electrons. The molecule has 0 spiro atoms. The molecule has 0 aliphatic carbocycles. The molecule has 2 atom stereocenters. The van der Waals surface area contributed by atoms with Crippen molar-refractivity contribution in [2.75, 3.05) is 26.2 Å². The lowest BCUT2D eigenvalue weighted by atomic mass is 9.79. The third kappa shape index (κ3) is 5.95. The SMILES string of the molecule is C[C@]1(N)CN(S(=O)(=O)N(CCN)Cc2ccncc2)C[C@@H]1CCCB(O)O. The highest BCUT2D eigenvalue weighted by molar-refractivity contribution is 7.86. The molecule has 0 radical (unpaired) electrons. The first-order chi connectivity index (χ1) is 12.7. The molecule has 1 aliphatic rings. The highest BCUT2D eigenvalue weighted by Gasteiger charge is 2.45. The Bertz CT molecular complexity index is 689. The van der Waals surface area contributed by atoms with Crippen molar-refractivity contribution >= 4 is 17.3 Å². The van der Waals surface area contributed by atoms with E-state index in [-0.39, 0.29) is 38.4 Å². The Balaban J connectivity index is 2.11. The lowest BCUT2D eigenvalue weighted by Crippen LogP contribution is -2.48. The molecule has 1 aromatic rings. The number of nitrogens with two attached hydrogens (primary N) is 2. The second-order valence-corrected chi connectivity index (χ2v) is 9.32. The van der Waals surface area contributed by atoms with E-state index in [1.54, 1.807) is 24.5 Å². The van der Waals surface area contributed by atoms with Crippen LogP contribution in [0.3, 0.4) is 0 Å². The van der Waals surface area contributed by atoms with Crippen LogP contribution in [0.25, 0.3) is 0 Å². The lowest BCUT2D eigenvalue weighted by Gasteiger charge is -2.28. The predicted octanol–water partition coefficient (Wildman–Crippen LogP) is -1.01. The minimum absolute atomic E-state index is 0.0494. The van der Waals surface area contributed by atoms with E-state index < -0.39 is 22.9 Å². The van der Waals surface area contributed by atoms with Crippen molar-refractivity contribution in [1.82, 2.24) is 13.6 Å². The van der Waals surface area contributed by atoms with Crippen LogP contribution in [0.15, 0.2) is 24.5 Å². The molecule has 1 aromatic heterocycles. The van der Waals surface area contributed by atoms with Gasteiger partial charge in [-0.05, 0) is 43.3 Å². The minimum atomic E-state index is -3.72. The van der Waals surface area contributed by atoms with Crippen LogP contribution in [0.5, 0.6) is 0 Å². The zero-order valence-electron chi connectivity index (χ0n) is 15.7. The molecule has 9 nitrogen and oxygen atoms in total. The Kier molecular flexibility index (Phi) is 7.75. The largest absolute Gasteiger partial charge is 0.451 e. The molecule has 1 saturated heterocycles. The van der Waals surface area contributed by atoms with Crippen LogP contribution in [0.2, 0.25) is 6.32 Å². The molecule has 27 heavy (non-hydrogen) atoms. The maximum Gasteiger partial charge on any atom is 0.451 e. The first kappa shape index (κ1) is 22.2. The maximum atomic E-state index is 13.2. The summed E-state index contributed by atoms with van der Waals surface area (Å²) in [5.74, 6) is -0.0494. The molecular weight excluding hydrogens is 369 g/mol. The Labute approximate surface area is 161 Å². The molecule has 1 fully saturated rings. The summed E-state index contributed by atoms with van der Waals surface area (Å²) in [6, 6.07) is 3.55. The molecule has 0 unspecified atom stereocenters. The maximum absolute atomic E-state index is 13.2. The van der Waals surface area contributed by atoms with Crippen LogP contribution in [0, 0.1) is 5.92 Å². The van der Waals surface area contributed by atoms with Crippen molar-refractivity contribution in [2.24, 2.45) is 17.4 Å². The molecule has 0 aromatic carbocycles. The summed E-state index contributed by atoms with van der Waals surface area (Å²) in [7, 11) is -5.07. The first-order valence-corrected chi connectivity index (χ1v) is 10.6. The van der Waals surface area contributed by atoms with Crippen LogP contribution in [0.1, 0.15) is 25.3 Å². The smallest absolute Gasteiger partial charge is 0.427 e. The van der Waals surface area contributed by atoms with Crippen LogP contribution < -0.4 is 11.5 Å². The summed E-state index contributed by atoms with van der Waals surface area (Å²) in [6.45, 7) is 3.03. The monoisotopic (exact) mass is 399 g/mol. The average molecular weight is 399 g/mol. The molecular formula is C16H30BN5O4S. The summed E-state index contributed by atoms with van der Waals surface area (Å²) in [5, 5.41) is 18.0. The molecule has 1 aliphatic heterocycles. The van der Waals surface area contributed by atoms with E-state index in [1.165, 1.54) is 8.61 Å². The van der Waals surface area contributed by atoms with Crippen molar-refractivity contribution in [3.05, 3.63) is 30.1 Å². The number of nitrogens with zero attached hydrogens (tertiary/aromatic N) is 3. The molecule has 2 rings (SSSR count). The second kappa shape index (κ2) is 9.42. The Morgan fingerprint density at radius 2 is 2.07 bits per heavy atom. The number of aromatic nitrogens is 1. The van der Waals surface area contributed by atoms with Crippen molar-refractivity contribution in [3.8, 4) is 0 Å². The first-order valence-electron chi connectivity index (χ1n) is 9.16. The van der Waals surface area contributed by atoms with Gasteiger partial charge in [0.25, 0.3) is 10.2 Å². The zero-order chi connectivity index (χ0) is 20.1. The number of hydrogen-bond acceptors (Lipinski definition) is 7. The fourth-order valence-corrected chi connectivity index (χ4v) is 5.23. The highest BCUT2D eigenvalue weighted by Crippen LogP contribution is 2.32. The Morgan fingerprint density at radius 1 is 1.41 bits per heavy atom. The highest BCUT2D eigenvalue weighted by atomic mass is 32.2. The topological polar surface area (TPSA) is 146 Å². The van der Waals surface area contributed by atoms with Crippen molar-refractivity contribution in [1.29, 1.82) is 0 Å². The van der Waals surface area contributed by atoms with E-state index in [4.69, 9.17) is 21.5 Å². The van der Waals surface area contributed by atoms with E-state index in [9.17, 15) is 8.42 Å². The second-order valence-electron chi connectivity index (χ2n) is 7.39. The van der Waals surface area contributed by atoms with Gasteiger partial charge in [-0.25, -0.2) is 0 Å².